The van der Waals surface area contributed by atoms with Crippen LogP contribution in [0.5, 0.6) is 0 Å². The Bertz CT molecular complexity index is 1080. The van der Waals surface area contributed by atoms with Crippen LogP contribution in [-0.2, 0) is 6.42 Å². The Labute approximate surface area is 159 Å². The number of carboxylic acids is 1. The van der Waals surface area contributed by atoms with Gasteiger partial charge in [0.05, 0.1) is 21.5 Å². The molecule has 0 aliphatic heterocycles. The highest BCUT2D eigenvalue weighted by atomic mass is 32.1. The Hall–Kier alpha value is -3.32. The fraction of sp³-hybridized carbons (Fsp3) is 0.100. The van der Waals surface area contributed by atoms with Gasteiger partial charge in [-0.05, 0) is 53.8 Å². The second kappa shape index (κ2) is 7.51. The van der Waals surface area contributed by atoms with Crippen LogP contribution in [0.15, 0.2) is 60.2 Å². The minimum absolute atomic E-state index is 0.201. The maximum absolute atomic E-state index is 11.2. The van der Waals surface area contributed by atoms with Gasteiger partial charge < -0.3 is 10.4 Å². The highest BCUT2D eigenvalue weighted by Crippen LogP contribution is 2.30. The molecule has 134 valence electrons. The Morgan fingerprint density at radius 3 is 2.67 bits per heavy atom. The van der Waals surface area contributed by atoms with Gasteiger partial charge in [-0.3, -0.25) is 4.98 Å². The number of carbonyl (C=O) groups is 1. The Morgan fingerprint density at radius 1 is 1.07 bits per heavy atom. The highest BCUT2D eigenvalue weighted by molar-refractivity contribution is 7.13. The maximum atomic E-state index is 11.2. The van der Waals surface area contributed by atoms with Gasteiger partial charge in [-0.25, -0.2) is 14.8 Å². The molecule has 4 aromatic rings. The second-order valence-corrected chi connectivity index (χ2v) is 6.89. The molecule has 4 rings (SSSR count). The van der Waals surface area contributed by atoms with Crippen molar-refractivity contribution in [1.29, 1.82) is 0 Å². The predicted molar refractivity (Wildman–Crippen MR) is 106 cm³/mol. The van der Waals surface area contributed by atoms with Gasteiger partial charge in [-0.2, -0.15) is 0 Å². The highest BCUT2D eigenvalue weighted by Gasteiger charge is 2.13. The summed E-state index contributed by atoms with van der Waals surface area (Å²) in [5.41, 5.74) is 3.35. The molecule has 3 heterocycles. The van der Waals surface area contributed by atoms with Crippen molar-refractivity contribution < 1.29 is 9.90 Å². The zero-order valence-corrected chi connectivity index (χ0v) is 15.1. The van der Waals surface area contributed by atoms with Gasteiger partial charge in [0.1, 0.15) is 5.69 Å². The Kier molecular flexibility index (Phi) is 4.76. The van der Waals surface area contributed by atoms with Crippen LogP contribution in [0.1, 0.15) is 15.9 Å². The first-order valence-electron chi connectivity index (χ1n) is 8.42. The van der Waals surface area contributed by atoms with Gasteiger partial charge in [-0.1, -0.05) is 6.07 Å². The van der Waals surface area contributed by atoms with E-state index >= 15 is 0 Å². The average Bonchev–Trinajstić information content (AvgIpc) is 3.22. The summed E-state index contributed by atoms with van der Waals surface area (Å²) in [6.07, 6.45) is 4.40. The van der Waals surface area contributed by atoms with Gasteiger partial charge in [0.2, 0.25) is 0 Å². The molecule has 0 bridgehead atoms. The lowest BCUT2D eigenvalue weighted by molar-refractivity contribution is 0.0697. The zero-order chi connectivity index (χ0) is 18.6. The third kappa shape index (κ3) is 3.78. The zero-order valence-electron chi connectivity index (χ0n) is 14.3. The van der Waals surface area contributed by atoms with Crippen molar-refractivity contribution in [2.75, 3.05) is 11.9 Å². The van der Waals surface area contributed by atoms with E-state index in [-0.39, 0.29) is 5.56 Å². The summed E-state index contributed by atoms with van der Waals surface area (Å²) in [6.45, 7) is 0.704. The molecule has 0 atom stereocenters. The summed E-state index contributed by atoms with van der Waals surface area (Å²) in [4.78, 5) is 25.6. The summed E-state index contributed by atoms with van der Waals surface area (Å²) in [7, 11) is 0. The van der Waals surface area contributed by atoms with Crippen molar-refractivity contribution in [3.63, 3.8) is 0 Å². The largest absolute Gasteiger partial charge is 0.478 e. The van der Waals surface area contributed by atoms with Gasteiger partial charge >= 0.3 is 5.97 Å². The summed E-state index contributed by atoms with van der Waals surface area (Å²) in [6, 6.07) is 12.7. The SMILES string of the molecule is O=C(O)c1ccc2nc(NCCc3ccncc3)c(-c3cccs3)nc2c1. The lowest BCUT2D eigenvalue weighted by Crippen LogP contribution is -2.09. The van der Waals surface area contributed by atoms with Crippen molar-refractivity contribution in [3.8, 4) is 10.6 Å². The molecule has 3 aromatic heterocycles. The van der Waals surface area contributed by atoms with E-state index < -0.39 is 5.97 Å². The minimum atomic E-state index is -0.976. The predicted octanol–water partition coefficient (Wildman–Crippen LogP) is 4.11. The molecular weight excluding hydrogens is 360 g/mol. The van der Waals surface area contributed by atoms with Crippen LogP contribution in [-0.4, -0.2) is 32.6 Å². The minimum Gasteiger partial charge on any atom is -0.478 e. The number of nitrogens with zero attached hydrogens (tertiary/aromatic N) is 3. The van der Waals surface area contributed by atoms with Crippen molar-refractivity contribution in [1.82, 2.24) is 15.0 Å². The van der Waals surface area contributed by atoms with Crippen LogP contribution in [0.2, 0.25) is 0 Å². The monoisotopic (exact) mass is 376 g/mol. The normalized spacial score (nSPS) is 10.8. The quantitative estimate of drug-likeness (QED) is 0.527. The van der Waals surface area contributed by atoms with Gasteiger partial charge in [0, 0.05) is 18.9 Å². The van der Waals surface area contributed by atoms with E-state index in [1.165, 1.54) is 5.56 Å². The number of carboxylic acid groups (broad SMARTS) is 1. The molecule has 0 unspecified atom stereocenters. The number of benzene rings is 1. The number of hydrogen-bond acceptors (Lipinski definition) is 6. The fourth-order valence-corrected chi connectivity index (χ4v) is 3.49. The topological polar surface area (TPSA) is 88.0 Å². The molecule has 6 nitrogen and oxygen atoms in total. The summed E-state index contributed by atoms with van der Waals surface area (Å²) >= 11 is 1.57. The molecule has 0 amide bonds. The Balaban J connectivity index is 1.68. The molecule has 27 heavy (non-hydrogen) atoms. The lowest BCUT2D eigenvalue weighted by atomic mass is 10.2. The Morgan fingerprint density at radius 2 is 1.93 bits per heavy atom. The van der Waals surface area contributed by atoms with Crippen LogP contribution in [0, 0.1) is 0 Å². The average molecular weight is 376 g/mol. The molecule has 7 heteroatoms. The summed E-state index contributed by atoms with van der Waals surface area (Å²) in [5, 5.41) is 14.6. The first kappa shape index (κ1) is 17.1. The van der Waals surface area contributed by atoms with E-state index in [4.69, 9.17) is 9.97 Å². The number of fused-ring (bicyclic) bond motifs is 1. The smallest absolute Gasteiger partial charge is 0.335 e. The number of aromatic carboxylic acids is 1. The molecule has 0 aliphatic rings. The third-order valence-corrected chi connectivity index (χ3v) is 5.00. The van der Waals surface area contributed by atoms with E-state index in [1.807, 2.05) is 29.6 Å². The number of thiophene rings is 1. The molecule has 0 spiro atoms. The van der Waals surface area contributed by atoms with E-state index in [1.54, 1.807) is 41.9 Å². The number of aromatic nitrogens is 3. The van der Waals surface area contributed by atoms with Crippen LogP contribution in [0.4, 0.5) is 5.82 Å². The molecule has 0 saturated heterocycles. The number of pyridine rings is 1. The van der Waals surface area contributed by atoms with Gasteiger partial charge in [0.25, 0.3) is 0 Å². The first-order chi connectivity index (χ1) is 13.2. The van der Waals surface area contributed by atoms with Gasteiger partial charge in [-0.15, -0.1) is 11.3 Å². The first-order valence-corrected chi connectivity index (χ1v) is 9.30. The molecule has 0 saturated carbocycles. The molecule has 1 aromatic carbocycles. The van der Waals surface area contributed by atoms with Crippen molar-refractivity contribution >= 4 is 34.2 Å². The van der Waals surface area contributed by atoms with E-state index in [2.05, 4.69) is 10.3 Å². The number of rotatable bonds is 6. The van der Waals surface area contributed by atoms with Crippen LogP contribution in [0.25, 0.3) is 21.6 Å². The number of nitrogens with one attached hydrogen (secondary N) is 1. The number of hydrogen-bond donors (Lipinski definition) is 2. The van der Waals surface area contributed by atoms with E-state index in [0.717, 1.165) is 17.0 Å². The van der Waals surface area contributed by atoms with Crippen molar-refractivity contribution in [3.05, 3.63) is 71.4 Å². The van der Waals surface area contributed by atoms with Crippen molar-refractivity contribution in [2.45, 2.75) is 6.42 Å². The second-order valence-electron chi connectivity index (χ2n) is 5.94. The van der Waals surface area contributed by atoms with Crippen LogP contribution < -0.4 is 5.32 Å². The molecule has 0 fully saturated rings. The maximum Gasteiger partial charge on any atom is 0.335 e. The molecule has 2 N–H and O–H groups in total. The van der Waals surface area contributed by atoms with E-state index in [9.17, 15) is 9.90 Å². The summed E-state index contributed by atoms with van der Waals surface area (Å²) in [5.74, 6) is -0.280. The van der Waals surface area contributed by atoms with Crippen LogP contribution >= 0.6 is 11.3 Å². The fourth-order valence-electron chi connectivity index (χ4n) is 2.77. The molecular formula is C20H16N4O2S. The van der Waals surface area contributed by atoms with Crippen LogP contribution in [0.3, 0.4) is 0 Å². The molecule has 0 radical (unpaired) electrons. The lowest BCUT2D eigenvalue weighted by Gasteiger charge is -2.11. The third-order valence-electron chi connectivity index (χ3n) is 4.12. The van der Waals surface area contributed by atoms with Crippen molar-refractivity contribution in [2.24, 2.45) is 0 Å². The standard InChI is InChI=1S/C20H16N4O2S/c25-20(26)14-3-4-15-16(12-14)23-18(17-2-1-11-27-17)19(24-15)22-10-7-13-5-8-21-9-6-13/h1-6,8-9,11-12H,7,10H2,(H,22,24)(H,25,26). The molecule has 0 aliphatic carbocycles. The summed E-state index contributed by atoms with van der Waals surface area (Å²) < 4.78 is 0. The number of anilines is 1. The van der Waals surface area contributed by atoms with Gasteiger partial charge in [0.15, 0.2) is 5.82 Å². The van der Waals surface area contributed by atoms with E-state index in [0.29, 0.717) is 23.4 Å².